The number of hydrogen-bond donors (Lipinski definition) is 1. The van der Waals surface area contributed by atoms with Crippen molar-refractivity contribution >= 4 is 10.0 Å². The number of fused-ring (bicyclic) bond motifs is 1. The molecular weight excluding hydrogens is 276 g/mol. The van der Waals surface area contributed by atoms with Crippen LogP contribution in [-0.4, -0.2) is 42.2 Å². The van der Waals surface area contributed by atoms with Crippen LogP contribution in [0.5, 0.6) is 0 Å². The predicted molar refractivity (Wildman–Crippen MR) is 76.5 cm³/mol. The smallest absolute Gasteiger partial charge is 0.209 e. The molecule has 2 heterocycles. The van der Waals surface area contributed by atoms with Crippen molar-refractivity contribution in [3.8, 4) is 0 Å². The van der Waals surface area contributed by atoms with Crippen LogP contribution in [0.25, 0.3) is 0 Å². The number of hydrogen-bond acceptors (Lipinski definition) is 4. The third-order valence-electron chi connectivity index (χ3n) is 3.99. The third-order valence-corrected chi connectivity index (χ3v) is 4.66. The minimum atomic E-state index is -3.17. The molecule has 0 amide bonds. The monoisotopic (exact) mass is 298 g/mol. The maximum absolute atomic E-state index is 11.2. The average molecular weight is 298 g/mol. The number of rotatable bonds is 5. The summed E-state index contributed by atoms with van der Waals surface area (Å²) < 4.78 is 27.2. The Hall–Kier alpha value is -0.920. The lowest BCUT2D eigenvalue weighted by Gasteiger charge is -2.19. The molecule has 1 aliphatic heterocycles. The zero-order valence-electron chi connectivity index (χ0n) is 11.9. The Bertz CT molecular complexity index is 577. The van der Waals surface area contributed by atoms with E-state index in [4.69, 9.17) is 0 Å². The quantitative estimate of drug-likeness (QED) is 0.862. The average Bonchev–Trinajstić information content (AvgIpc) is 3.12. The lowest BCUT2D eigenvalue weighted by atomic mass is 10.2. The molecule has 112 valence electrons. The molecule has 0 aromatic carbocycles. The van der Waals surface area contributed by atoms with E-state index in [1.54, 1.807) is 0 Å². The first-order valence-electron chi connectivity index (χ1n) is 7.21. The van der Waals surface area contributed by atoms with Gasteiger partial charge in [0.2, 0.25) is 10.0 Å². The molecule has 0 saturated heterocycles. The van der Waals surface area contributed by atoms with Crippen molar-refractivity contribution in [1.29, 1.82) is 0 Å². The molecule has 2 aliphatic rings. The van der Waals surface area contributed by atoms with E-state index in [2.05, 4.69) is 19.2 Å². The highest BCUT2D eigenvalue weighted by Crippen LogP contribution is 2.31. The van der Waals surface area contributed by atoms with Gasteiger partial charge in [-0.15, -0.1) is 0 Å². The van der Waals surface area contributed by atoms with Gasteiger partial charge in [-0.25, -0.2) is 18.1 Å². The molecule has 1 aromatic heterocycles. The van der Waals surface area contributed by atoms with Crippen molar-refractivity contribution in [2.45, 2.75) is 38.9 Å². The summed E-state index contributed by atoms with van der Waals surface area (Å²) in [6.07, 6.45) is 6.88. The summed E-state index contributed by atoms with van der Waals surface area (Å²) in [7, 11) is -3.17. The van der Waals surface area contributed by atoms with Gasteiger partial charge in [-0.3, -0.25) is 4.90 Å². The minimum Gasteiger partial charge on any atom is -0.333 e. The van der Waals surface area contributed by atoms with Gasteiger partial charge in [-0.05, 0) is 25.2 Å². The molecule has 0 spiro atoms. The van der Waals surface area contributed by atoms with Crippen LogP contribution in [0.4, 0.5) is 0 Å². The lowest BCUT2D eigenvalue weighted by Crippen LogP contribution is -2.27. The Morgan fingerprint density at radius 3 is 2.90 bits per heavy atom. The molecule has 1 N–H and O–H groups in total. The van der Waals surface area contributed by atoms with Gasteiger partial charge in [0.05, 0.1) is 30.5 Å². The predicted octanol–water partition coefficient (Wildman–Crippen LogP) is 0.548. The van der Waals surface area contributed by atoms with Crippen molar-refractivity contribution in [1.82, 2.24) is 19.2 Å². The summed E-state index contributed by atoms with van der Waals surface area (Å²) in [6, 6.07) is 0. The highest BCUT2D eigenvalue weighted by Gasteiger charge is 2.26. The Labute approximate surface area is 120 Å². The van der Waals surface area contributed by atoms with Gasteiger partial charge in [0.1, 0.15) is 0 Å². The van der Waals surface area contributed by atoms with Crippen molar-refractivity contribution in [3.05, 3.63) is 17.7 Å². The van der Waals surface area contributed by atoms with Crippen molar-refractivity contribution in [2.24, 2.45) is 5.92 Å². The highest BCUT2D eigenvalue weighted by molar-refractivity contribution is 7.88. The van der Waals surface area contributed by atoms with Gasteiger partial charge < -0.3 is 4.57 Å². The molecule has 7 heteroatoms. The molecule has 6 nitrogen and oxygen atoms in total. The first-order valence-corrected chi connectivity index (χ1v) is 9.10. The van der Waals surface area contributed by atoms with Gasteiger partial charge >= 0.3 is 0 Å². The fraction of sp³-hybridized carbons (Fsp3) is 0.769. The van der Waals surface area contributed by atoms with Crippen molar-refractivity contribution in [2.75, 3.05) is 19.3 Å². The molecule has 1 fully saturated rings. The number of nitrogens with one attached hydrogen (secondary N) is 1. The zero-order valence-corrected chi connectivity index (χ0v) is 12.7. The van der Waals surface area contributed by atoms with E-state index in [-0.39, 0.29) is 0 Å². The lowest BCUT2D eigenvalue weighted by molar-refractivity contribution is 0.258. The second-order valence-corrected chi connectivity index (χ2v) is 7.79. The van der Waals surface area contributed by atoms with Crippen LogP contribution < -0.4 is 4.72 Å². The van der Waals surface area contributed by atoms with Gasteiger partial charge in [0.15, 0.2) is 0 Å². The summed E-state index contributed by atoms with van der Waals surface area (Å²) in [6.45, 7) is 4.44. The summed E-state index contributed by atoms with van der Waals surface area (Å²) in [4.78, 5) is 6.87. The molecule has 0 radical (unpaired) electrons. The SMILES string of the molecule is CS(=O)(=O)NCc1ncn2c1CN(CC1CC1)CCC2. The third kappa shape index (κ3) is 3.59. The van der Waals surface area contributed by atoms with E-state index < -0.39 is 10.0 Å². The zero-order chi connectivity index (χ0) is 14.2. The number of nitrogens with zero attached hydrogens (tertiary/aromatic N) is 3. The van der Waals surface area contributed by atoms with Gasteiger partial charge in [-0.2, -0.15) is 0 Å². The first kappa shape index (κ1) is 14.0. The Balaban J connectivity index is 1.72. The topological polar surface area (TPSA) is 67.2 Å². The van der Waals surface area contributed by atoms with Crippen LogP contribution in [0, 0.1) is 5.92 Å². The van der Waals surface area contributed by atoms with Gasteiger partial charge in [0, 0.05) is 26.2 Å². The number of aromatic nitrogens is 2. The maximum Gasteiger partial charge on any atom is 0.209 e. The second kappa shape index (κ2) is 5.46. The van der Waals surface area contributed by atoms with E-state index in [1.807, 2.05) is 6.33 Å². The fourth-order valence-corrected chi connectivity index (χ4v) is 3.15. The molecule has 0 bridgehead atoms. The Morgan fingerprint density at radius 2 is 2.20 bits per heavy atom. The van der Waals surface area contributed by atoms with Crippen LogP contribution in [0.1, 0.15) is 30.7 Å². The van der Waals surface area contributed by atoms with E-state index in [1.165, 1.54) is 31.3 Å². The summed E-state index contributed by atoms with van der Waals surface area (Å²) in [5.74, 6) is 0.877. The normalized spacial score (nSPS) is 20.6. The Kier molecular flexibility index (Phi) is 3.83. The van der Waals surface area contributed by atoms with E-state index in [0.29, 0.717) is 6.54 Å². The van der Waals surface area contributed by atoms with Crippen molar-refractivity contribution in [3.63, 3.8) is 0 Å². The molecular formula is C13H22N4O2S. The molecule has 1 aromatic rings. The van der Waals surface area contributed by atoms with E-state index >= 15 is 0 Å². The fourth-order valence-electron chi connectivity index (χ4n) is 2.75. The number of sulfonamides is 1. The molecule has 0 atom stereocenters. The largest absolute Gasteiger partial charge is 0.333 e. The molecule has 1 aliphatic carbocycles. The summed E-state index contributed by atoms with van der Waals surface area (Å²) >= 11 is 0. The van der Waals surface area contributed by atoms with Crippen LogP contribution in [0.2, 0.25) is 0 Å². The molecule has 20 heavy (non-hydrogen) atoms. The maximum atomic E-state index is 11.2. The number of imidazole rings is 1. The van der Waals surface area contributed by atoms with Crippen LogP contribution in [-0.2, 0) is 29.7 Å². The second-order valence-electron chi connectivity index (χ2n) is 5.96. The van der Waals surface area contributed by atoms with E-state index in [9.17, 15) is 8.42 Å². The molecule has 1 saturated carbocycles. The van der Waals surface area contributed by atoms with Crippen LogP contribution in [0.3, 0.4) is 0 Å². The van der Waals surface area contributed by atoms with Gasteiger partial charge in [0.25, 0.3) is 0 Å². The van der Waals surface area contributed by atoms with Crippen LogP contribution in [0.15, 0.2) is 6.33 Å². The Morgan fingerprint density at radius 1 is 1.40 bits per heavy atom. The highest BCUT2D eigenvalue weighted by atomic mass is 32.2. The van der Waals surface area contributed by atoms with E-state index in [0.717, 1.165) is 37.7 Å². The first-order chi connectivity index (χ1) is 9.51. The van der Waals surface area contributed by atoms with Crippen molar-refractivity contribution < 1.29 is 8.42 Å². The summed E-state index contributed by atoms with van der Waals surface area (Å²) in [5, 5.41) is 0. The molecule has 0 unspecified atom stereocenters. The standard InChI is InChI=1S/C13H22N4O2S/c1-20(18,19)15-7-12-13-9-16(8-11-3-4-11)5-2-6-17(13)10-14-12/h10-11,15H,2-9H2,1H3. The molecule has 3 rings (SSSR count). The van der Waals surface area contributed by atoms with Gasteiger partial charge in [-0.1, -0.05) is 0 Å². The summed E-state index contributed by atoms with van der Waals surface area (Å²) in [5.41, 5.74) is 2.03. The number of aryl methyl sites for hydroxylation is 1. The van der Waals surface area contributed by atoms with Crippen LogP contribution >= 0.6 is 0 Å². The minimum absolute atomic E-state index is 0.290.